The van der Waals surface area contributed by atoms with E-state index >= 15 is 0 Å². The van der Waals surface area contributed by atoms with Crippen LogP contribution < -0.4 is 5.32 Å². The highest BCUT2D eigenvalue weighted by atomic mass is 32.2. The zero-order chi connectivity index (χ0) is 24.6. The van der Waals surface area contributed by atoms with Gasteiger partial charge in [-0.2, -0.15) is 0 Å². The Balaban J connectivity index is 1.47. The van der Waals surface area contributed by atoms with Gasteiger partial charge in [-0.1, -0.05) is 91.5 Å². The molecule has 178 valence electrons. The Morgan fingerprint density at radius 3 is 2.31 bits per heavy atom. The number of nitrogens with one attached hydrogen (secondary N) is 1. The third-order valence-corrected chi connectivity index (χ3v) is 6.60. The van der Waals surface area contributed by atoms with Crippen LogP contribution in [0.25, 0.3) is 22.0 Å². The summed E-state index contributed by atoms with van der Waals surface area (Å²) >= 11 is 1.35. The molecule has 0 saturated heterocycles. The predicted molar refractivity (Wildman–Crippen MR) is 142 cm³/mol. The van der Waals surface area contributed by atoms with E-state index in [0.29, 0.717) is 11.6 Å². The van der Waals surface area contributed by atoms with Crippen LogP contribution in [0.4, 0.5) is 5.69 Å². The van der Waals surface area contributed by atoms with Crippen LogP contribution in [-0.2, 0) is 9.59 Å². The number of hydrogen-bond donors (Lipinski definition) is 1. The van der Waals surface area contributed by atoms with Crippen molar-refractivity contribution in [2.45, 2.75) is 25.3 Å². The van der Waals surface area contributed by atoms with Crippen molar-refractivity contribution in [3.63, 3.8) is 0 Å². The molecule has 2 amide bonds. The Bertz CT molecular complexity index is 1330. The minimum atomic E-state index is -0.205. The van der Waals surface area contributed by atoms with Crippen LogP contribution >= 0.6 is 11.8 Å². The van der Waals surface area contributed by atoms with Crippen molar-refractivity contribution in [3.8, 4) is 11.3 Å². The van der Waals surface area contributed by atoms with Crippen LogP contribution in [0, 0.1) is 6.92 Å². The number of carbonyl (C=O) groups is 2. The molecule has 0 radical (unpaired) electrons. The average molecular weight is 485 g/mol. The van der Waals surface area contributed by atoms with Crippen molar-refractivity contribution < 1.29 is 9.59 Å². The number of amides is 2. The second kappa shape index (κ2) is 11.6. The standard InChI is InChI=1S/C28H28N4O2S/c1-3-17-32(18-25(33)29-24-16-10-7-11-20(24)2)26(34)19-35-28-23-15-9-8-14-22(23)27(30-31-28)21-12-5-4-6-13-21/h4-16H,3,17-19H2,1-2H3,(H,29,33). The number of thioether (sulfide) groups is 1. The summed E-state index contributed by atoms with van der Waals surface area (Å²) in [6, 6.07) is 25.5. The number of aryl methyl sites for hydroxylation is 1. The number of nitrogens with zero attached hydrogens (tertiary/aromatic N) is 3. The van der Waals surface area contributed by atoms with Gasteiger partial charge >= 0.3 is 0 Å². The molecule has 0 aliphatic rings. The van der Waals surface area contributed by atoms with Crippen LogP contribution in [0.5, 0.6) is 0 Å². The summed E-state index contributed by atoms with van der Waals surface area (Å²) < 4.78 is 0. The summed E-state index contributed by atoms with van der Waals surface area (Å²) in [5.74, 6) is -0.126. The molecule has 6 nitrogen and oxygen atoms in total. The summed E-state index contributed by atoms with van der Waals surface area (Å²) in [4.78, 5) is 27.3. The first-order valence-corrected chi connectivity index (χ1v) is 12.6. The molecule has 1 N–H and O–H groups in total. The molecule has 35 heavy (non-hydrogen) atoms. The fourth-order valence-electron chi connectivity index (χ4n) is 3.85. The van der Waals surface area contributed by atoms with Crippen molar-refractivity contribution in [1.29, 1.82) is 0 Å². The smallest absolute Gasteiger partial charge is 0.244 e. The van der Waals surface area contributed by atoms with Gasteiger partial charge in [0, 0.05) is 28.6 Å². The van der Waals surface area contributed by atoms with Crippen LogP contribution in [0.2, 0.25) is 0 Å². The van der Waals surface area contributed by atoms with Crippen LogP contribution in [0.1, 0.15) is 18.9 Å². The Labute approximate surface area is 209 Å². The highest BCUT2D eigenvalue weighted by Crippen LogP contribution is 2.31. The SMILES string of the molecule is CCCN(CC(=O)Nc1ccccc1C)C(=O)CSc1nnc(-c2ccccc2)c2ccccc12. The van der Waals surface area contributed by atoms with Crippen LogP contribution in [0.3, 0.4) is 0 Å². The van der Waals surface area contributed by atoms with E-state index in [2.05, 4.69) is 15.5 Å². The summed E-state index contributed by atoms with van der Waals surface area (Å²) in [5.41, 5.74) is 3.56. The molecule has 0 aliphatic heterocycles. The lowest BCUT2D eigenvalue weighted by atomic mass is 10.1. The lowest BCUT2D eigenvalue weighted by molar-refractivity contribution is -0.132. The summed E-state index contributed by atoms with van der Waals surface area (Å²) in [6.45, 7) is 4.46. The Morgan fingerprint density at radius 2 is 1.57 bits per heavy atom. The number of hydrogen-bond acceptors (Lipinski definition) is 5. The van der Waals surface area contributed by atoms with Gasteiger partial charge in [0.05, 0.1) is 12.3 Å². The fourth-order valence-corrected chi connectivity index (χ4v) is 4.73. The lowest BCUT2D eigenvalue weighted by Gasteiger charge is -2.22. The van der Waals surface area contributed by atoms with Gasteiger partial charge in [0.15, 0.2) is 0 Å². The zero-order valence-corrected chi connectivity index (χ0v) is 20.7. The maximum atomic E-state index is 13.1. The number of para-hydroxylation sites is 1. The minimum Gasteiger partial charge on any atom is -0.333 e. The van der Waals surface area contributed by atoms with E-state index in [9.17, 15) is 9.59 Å². The second-order valence-electron chi connectivity index (χ2n) is 8.23. The van der Waals surface area contributed by atoms with E-state index in [-0.39, 0.29) is 24.1 Å². The molecule has 1 heterocycles. The van der Waals surface area contributed by atoms with E-state index in [1.807, 2.05) is 92.7 Å². The molecular weight excluding hydrogens is 456 g/mol. The first-order chi connectivity index (χ1) is 17.1. The number of benzene rings is 3. The van der Waals surface area contributed by atoms with E-state index in [4.69, 9.17) is 0 Å². The maximum Gasteiger partial charge on any atom is 0.244 e. The first kappa shape index (κ1) is 24.4. The number of fused-ring (bicyclic) bond motifs is 1. The first-order valence-electron chi connectivity index (χ1n) is 11.6. The van der Waals surface area contributed by atoms with Gasteiger partial charge in [0.2, 0.25) is 11.8 Å². The monoisotopic (exact) mass is 484 g/mol. The molecule has 0 saturated carbocycles. The molecule has 0 bridgehead atoms. The van der Waals surface area contributed by atoms with E-state index in [1.54, 1.807) is 4.90 Å². The molecule has 0 unspecified atom stereocenters. The molecule has 4 rings (SSSR count). The van der Waals surface area contributed by atoms with Gasteiger partial charge in [0.1, 0.15) is 10.7 Å². The van der Waals surface area contributed by atoms with E-state index < -0.39 is 0 Å². The summed E-state index contributed by atoms with van der Waals surface area (Å²) in [6.07, 6.45) is 0.766. The topological polar surface area (TPSA) is 75.2 Å². The molecule has 0 aliphatic carbocycles. The van der Waals surface area contributed by atoms with Crippen molar-refractivity contribution in [2.75, 3.05) is 24.2 Å². The van der Waals surface area contributed by atoms with E-state index in [0.717, 1.165) is 39.7 Å². The van der Waals surface area contributed by atoms with E-state index in [1.165, 1.54) is 11.8 Å². The minimum absolute atomic E-state index is 0.0148. The number of aromatic nitrogens is 2. The van der Waals surface area contributed by atoms with Crippen molar-refractivity contribution in [2.24, 2.45) is 0 Å². The summed E-state index contributed by atoms with van der Waals surface area (Å²) in [5, 5.41) is 14.5. The Hall–Kier alpha value is -3.71. The molecule has 3 aromatic carbocycles. The average Bonchev–Trinajstić information content (AvgIpc) is 2.88. The van der Waals surface area contributed by atoms with Crippen LogP contribution in [0.15, 0.2) is 83.9 Å². The molecular formula is C28H28N4O2S. The normalized spacial score (nSPS) is 10.8. The molecule has 0 spiro atoms. The number of rotatable bonds is 9. The third-order valence-electron chi connectivity index (χ3n) is 5.63. The van der Waals surface area contributed by atoms with Crippen molar-refractivity contribution in [3.05, 3.63) is 84.4 Å². The molecule has 0 atom stereocenters. The van der Waals surface area contributed by atoms with Gasteiger partial charge < -0.3 is 10.2 Å². The third kappa shape index (κ3) is 6.05. The molecule has 7 heteroatoms. The number of anilines is 1. The lowest BCUT2D eigenvalue weighted by Crippen LogP contribution is -2.39. The fraction of sp³-hybridized carbons (Fsp3) is 0.214. The van der Waals surface area contributed by atoms with Gasteiger partial charge in [-0.15, -0.1) is 10.2 Å². The Morgan fingerprint density at radius 1 is 0.886 bits per heavy atom. The molecule has 0 fully saturated rings. The molecule has 4 aromatic rings. The maximum absolute atomic E-state index is 13.1. The predicted octanol–water partition coefficient (Wildman–Crippen LogP) is 5.57. The van der Waals surface area contributed by atoms with Crippen molar-refractivity contribution in [1.82, 2.24) is 15.1 Å². The Kier molecular flexibility index (Phi) is 8.11. The molecule has 1 aromatic heterocycles. The quantitative estimate of drug-likeness (QED) is 0.314. The van der Waals surface area contributed by atoms with Crippen molar-refractivity contribution >= 4 is 40.0 Å². The number of carbonyl (C=O) groups excluding carboxylic acids is 2. The van der Waals surface area contributed by atoms with Gasteiger partial charge in [-0.05, 0) is 25.0 Å². The zero-order valence-electron chi connectivity index (χ0n) is 19.9. The van der Waals surface area contributed by atoms with Crippen LogP contribution in [-0.4, -0.2) is 45.8 Å². The largest absolute Gasteiger partial charge is 0.333 e. The van der Waals surface area contributed by atoms with Gasteiger partial charge in [-0.3, -0.25) is 9.59 Å². The highest BCUT2D eigenvalue weighted by molar-refractivity contribution is 8.00. The highest BCUT2D eigenvalue weighted by Gasteiger charge is 2.19. The second-order valence-corrected chi connectivity index (χ2v) is 9.20. The van der Waals surface area contributed by atoms with Gasteiger partial charge in [-0.25, -0.2) is 0 Å². The van der Waals surface area contributed by atoms with Gasteiger partial charge in [0.25, 0.3) is 0 Å². The summed E-state index contributed by atoms with van der Waals surface area (Å²) in [7, 11) is 0.